The fourth-order valence-electron chi connectivity index (χ4n) is 1.71. The molecule has 0 aliphatic heterocycles. The van der Waals surface area contributed by atoms with Crippen molar-refractivity contribution in [1.82, 2.24) is 9.97 Å². The van der Waals surface area contributed by atoms with Crippen LogP contribution in [0.25, 0.3) is 0 Å². The van der Waals surface area contributed by atoms with Crippen molar-refractivity contribution >= 4 is 23.5 Å². The number of rotatable bonds is 5. The Morgan fingerprint density at radius 2 is 2.14 bits per heavy atom. The highest BCUT2D eigenvalue weighted by atomic mass is 32.2. The zero-order valence-corrected chi connectivity index (χ0v) is 14.1. The third-order valence-electron chi connectivity index (χ3n) is 3.01. The maximum Gasteiger partial charge on any atom is 0.235 e. The number of hydrogen-bond acceptors (Lipinski definition) is 5. The summed E-state index contributed by atoms with van der Waals surface area (Å²) in [6.45, 7) is 8.22. The van der Waals surface area contributed by atoms with Gasteiger partial charge in [0.15, 0.2) is 0 Å². The van der Waals surface area contributed by atoms with Gasteiger partial charge in [0.1, 0.15) is 11.6 Å². The van der Waals surface area contributed by atoms with Crippen LogP contribution in [0.4, 0.5) is 5.82 Å². The first-order valence-corrected chi connectivity index (χ1v) is 8.20. The van der Waals surface area contributed by atoms with E-state index >= 15 is 0 Å². The van der Waals surface area contributed by atoms with E-state index in [1.54, 1.807) is 18.5 Å². The van der Waals surface area contributed by atoms with Crippen molar-refractivity contribution in [2.45, 2.75) is 38.4 Å². The van der Waals surface area contributed by atoms with Gasteiger partial charge in [-0.1, -0.05) is 26.8 Å². The lowest BCUT2D eigenvalue weighted by atomic mass is 9.94. The first-order chi connectivity index (χ1) is 10.4. The number of hydrogen-bond donors (Lipinski definition) is 1. The van der Waals surface area contributed by atoms with Crippen LogP contribution in [-0.2, 0) is 10.2 Å². The zero-order chi connectivity index (χ0) is 16.2. The van der Waals surface area contributed by atoms with Gasteiger partial charge in [-0.2, -0.15) is 0 Å². The molecule has 0 fully saturated rings. The molecule has 5 nitrogen and oxygen atoms in total. The number of carbonyl (C=O) groups excluding carboxylic acids is 1. The summed E-state index contributed by atoms with van der Waals surface area (Å²) < 4.78 is 5.78. The minimum atomic E-state index is -0.0850. The van der Waals surface area contributed by atoms with Gasteiger partial charge >= 0.3 is 0 Å². The van der Waals surface area contributed by atoms with Gasteiger partial charge in [-0.3, -0.25) is 4.79 Å². The molecule has 6 heteroatoms. The molecule has 1 amide bonds. The highest BCUT2D eigenvalue weighted by molar-refractivity contribution is 8.00. The zero-order valence-electron chi connectivity index (χ0n) is 13.3. The first kappa shape index (κ1) is 16.5. The van der Waals surface area contributed by atoms with E-state index in [1.165, 1.54) is 11.8 Å². The standard InChI is InChI=1S/C16H21N3O2S/c1-11(15-18-9-12(21-15)16(2,3)4)22-10-14(20)19-13-7-5-6-8-17-13/h5-9,11H,10H2,1-4H3,(H,17,19,20)/t11-/m0/s1. The van der Waals surface area contributed by atoms with E-state index in [0.717, 1.165) is 5.76 Å². The first-order valence-electron chi connectivity index (χ1n) is 7.15. The Balaban J connectivity index is 1.86. The van der Waals surface area contributed by atoms with E-state index in [4.69, 9.17) is 4.42 Å². The monoisotopic (exact) mass is 319 g/mol. The van der Waals surface area contributed by atoms with Gasteiger partial charge < -0.3 is 9.73 Å². The predicted molar refractivity (Wildman–Crippen MR) is 88.9 cm³/mol. The number of anilines is 1. The molecule has 0 saturated carbocycles. The molecule has 0 saturated heterocycles. The molecule has 0 spiro atoms. The van der Waals surface area contributed by atoms with E-state index < -0.39 is 0 Å². The van der Waals surface area contributed by atoms with Crippen LogP contribution in [0, 0.1) is 0 Å². The quantitative estimate of drug-likeness (QED) is 0.908. The second-order valence-electron chi connectivity index (χ2n) is 6.03. The molecule has 0 bridgehead atoms. The third kappa shape index (κ3) is 4.59. The number of aromatic nitrogens is 2. The molecule has 0 radical (unpaired) electrons. The summed E-state index contributed by atoms with van der Waals surface area (Å²) >= 11 is 1.48. The van der Waals surface area contributed by atoms with Gasteiger partial charge in [-0.25, -0.2) is 9.97 Å². The largest absolute Gasteiger partial charge is 0.444 e. The number of oxazole rings is 1. The van der Waals surface area contributed by atoms with Gasteiger partial charge in [0.25, 0.3) is 0 Å². The Morgan fingerprint density at radius 3 is 2.73 bits per heavy atom. The minimum absolute atomic E-state index is 0.0191. The van der Waals surface area contributed by atoms with Crippen molar-refractivity contribution in [3.8, 4) is 0 Å². The van der Waals surface area contributed by atoms with Crippen molar-refractivity contribution in [3.05, 3.63) is 42.2 Å². The molecule has 2 aromatic rings. The number of nitrogens with one attached hydrogen (secondary N) is 1. The molecular weight excluding hydrogens is 298 g/mol. The molecule has 0 aromatic carbocycles. The highest BCUT2D eigenvalue weighted by Crippen LogP contribution is 2.31. The summed E-state index contributed by atoms with van der Waals surface area (Å²) in [6, 6.07) is 5.40. The number of carbonyl (C=O) groups is 1. The van der Waals surface area contributed by atoms with Crippen LogP contribution >= 0.6 is 11.8 Å². The lowest BCUT2D eigenvalue weighted by Crippen LogP contribution is -2.15. The Bertz CT molecular complexity index is 620. The van der Waals surface area contributed by atoms with Crippen molar-refractivity contribution in [1.29, 1.82) is 0 Å². The Morgan fingerprint density at radius 1 is 1.36 bits per heavy atom. The van der Waals surface area contributed by atoms with Crippen molar-refractivity contribution in [2.75, 3.05) is 11.1 Å². The summed E-state index contributed by atoms with van der Waals surface area (Å²) in [4.78, 5) is 20.3. The Hall–Kier alpha value is -1.82. The predicted octanol–water partition coefficient (Wildman–Crippen LogP) is 3.80. The fourth-order valence-corrected chi connectivity index (χ4v) is 2.43. The normalized spacial score (nSPS) is 12.9. The highest BCUT2D eigenvalue weighted by Gasteiger charge is 2.21. The van der Waals surface area contributed by atoms with E-state index in [2.05, 4.69) is 36.1 Å². The van der Waals surface area contributed by atoms with E-state index in [0.29, 0.717) is 17.5 Å². The summed E-state index contributed by atoms with van der Waals surface area (Å²) in [6.07, 6.45) is 3.41. The molecule has 1 atom stereocenters. The van der Waals surface area contributed by atoms with Crippen LogP contribution in [0.2, 0.25) is 0 Å². The molecule has 0 aliphatic carbocycles. The van der Waals surface area contributed by atoms with Crippen LogP contribution in [-0.4, -0.2) is 21.6 Å². The van der Waals surface area contributed by atoms with E-state index in [1.807, 2.05) is 19.1 Å². The van der Waals surface area contributed by atoms with Crippen LogP contribution in [0.15, 0.2) is 35.0 Å². The van der Waals surface area contributed by atoms with Crippen LogP contribution in [0.5, 0.6) is 0 Å². The Labute approximate surface area is 134 Å². The topological polar surface area (TPSA) is 68.0 Å². The summed E-state index contributed by atoms with van der Waals surface area (Å²) in [5.41, 5.74) is -0.0635. The summed E-state index contributed by atoms with van der Waals surface area (Å²) in [5, 5.41) is 2.78. The van der Waals surface area contributed by atoms with Crippen molar-refractivity contribution in [3.63, 3.8) is 0 Å². The summed E-state index contributed by atoms with van der Waals surface area (Å²) in [7, 11) is 0. The minimum Gasteiger partial charge on any atom is -0.444 e. The molecular formula is C16H21N3O2S. The lowest BCUT2D eigenvalue weighted by molar-refractivity contribution is -0.113. The van der Waals surface area contributed by atoms with Gasteiger partial charge in [0.2, 0.25) is 11.8 Å². The third-order valence-corrected chi connectivity index (χ3v) is 4.14. The molecule has 0 aliphatic rings. The smallest absolute Gasteiger partial charge is 0.235 e. The SMILES string of the molecule is C[C@H](SCC(=O)Nc1ccccn1)c1ncc(C(C)(C)C)o1. The number of pyridine rings is 1. The van der Waals surface area contributed by atoms with Crippen LogP contribution in [0.1, 0.15) is 44.6 Å². The van der Waals surface area contributed by atoms with Crippen LogP contribution in [0.3, 0.4) is 0 Å². The molecule has 118 valence electrons. The van der Waals surface area contributed by atoms with Gasteiger partial charge in [-0.05, 0) is 19.1 Å². The van der Waals surface area contributed by atoms with Crippen molar-refractivity contribution < 1.29 is 9.21 Å². The lowest BCUT2D eigenvalue weighted by Gasteiger charge is -2.13. The maximum atomic E-state index is 11.9. The number of thioether (sulfide) groups is 1. The number of amides is 1. The molecule has 0 unspecified atom stereocenters. The van der Waals surface area contributed by atoms with Gasteiger partial charge in [0.05, 0.1) is 17.2 Å². The fraction of sp³-hybridized carbons (Fsp3) is 0.438. The average Bonchev–Trinajstić information content (AvgIpc) is 2.96. The molecule has 22 heavy (non-hydrogen) atoms. The summed E-state index contributed by atoms with van der Waals surface area (Å²) in [5.74, 6) is 2.31. The average molecular weight is 319 g/mol. The van der Waals surface area contributed by atoms with E-state index in [-0.39, 0.29) is 16.6 Å². The Kier molecular flexibility index (Phi) is 5.24. The van der Waals surface area contributed by atoms with Crippen molar-refractivity contribution in [2.24, 2.45) is 0 Å². The molecule has 2 rings (SSSR count). The van der Waals surface area contributed by atoms with Crippen LogP contribution < -0.4 is 5.32 Å². The second kappa shape index (κ2) is 6.96. The second-order valence-corrected chi connectivity index (χ2v) is 7.36. The molecule has 2 heterocycles. The molecule has 1 N–H and O–H groups in total. The maximum absolute atomic E-state index is 11.9. The van der Waals surface area contributed by atoms with E-state index in [9.17, 15) is 4.79 Å². The van der Waals surface area contributed by atoms with Gasteiger partial charge in [0, 0.05) is 11.6 Å². The van der Waals surface area contributed by atoms with Gasteiger partial charge in [-0.15, -0.1) is 11.8 Å². The molecule has 2 aromatic heterocycles. The number of nitrogens with zero attached hydrogens (tertiary/aromatic N) is 2.